The van der Waals surface area contributed by atoms with Crippen molar-refractivity contribution in [2.24, 2.45) is 0 Å². The molecular weight excluding hydrogens is 208 g/mol. The molecule has 0 radical (unpaired) electrons. The van der Waals surface area contributed by atoms with Crippen LogP contribution in [-0.2, 0) is 20.8 Å². The van der Waals surface area contributed by atoms with E-state index in [-0.39, 0.29) is 24.8 Å². The van der Waals surface area contributed by atoms with Crippen molar-refractivity contribution in [2.75, 3.05) is 13.7 Å². The van der Waals surface area contributed by atoms with Crippen LogP contribution in [-0.4, -0.2) is 25.5 Å². The maximum Gasteiger partial charge on any atom is 0.262 e. The van der Waals surface area contributed by atoms with E-state index in [1.54, 1.807) is 0 Å². The number of carbonyl (C=O) groups excluding carboxylic acids is 2. The second-order valence-corrected chi connectivity index (χ2v) is 3.17. The molecule has 2 amide bonds. The van der Waals surface area contributed by atoms with Crippen LogP contribution >= 0.6 is 0 Å². The number of hydroxylamine groups is 1. The first-order chi connectivity index (χ1) is 7.72. The molecule has 16 heavy (non-hydrogen) atoms. The van der Waals surface area contributed by atoms with Gasteiger partial charge in [-0.15, -0.1) is 0 Å². The van der Waals surface area contributed by atoms with Gasteiger partial charge >= 0.3 is 0 Å². The first-order valence-corrected chi connectivity index (χ1v) is 4.85. The van der Waals surface area contributed by atoms with Crippen LogP contribution in [0.25, 0.3) is 0 Å². The molecule has 0 fully saturated rings. The molecule has 0 aromatic heterocycles. The van der Waals surface area contributed by atoms with Crippen LogP contribution in [0.4, 0.5) is 0 Å². The molecule has 0 saturated heterocycles. The average molecular weight is 222 g/mol. The van der Waals surface area contributed by atoms with E-state index in [1.165, 1.54) is 7.11 Å². The molecule has 0 aliphatic rings. The van der Waals surface area contributed by atoms with E-state index in [1.807, 2.05) is 30.3 Å². The molecule has 0 bridgehead atoms. The van der Waals surface area contributed by atoms with E-state index in [2.05, 4.69) is 15.6 Å². The lowest BCUT2D eigenvalue weighted by molar-refractivity contribution is -0.132. The summed E-state index contributed by atoms with van der Waals surface area (Å²) in [6.07, 6.45) is 0.265. The minimum Gasteiger partial charge on any atom is -0.347 e. The molecule has 0 aliphatic carbocycles. The second-order valence-electron chi connectivity index (χ2n) is 3.17. The van der Waals surface area contributed by atoms with Crippen LogP contribution in [0.5, 0.6) is 0 Å². The first kappa shape index (κ1) is 12.2. The van der Waals surface area contributed by atoms with Crippen LogP contribution in [0, 0.1) is 0 Å². The summed E-state index contributed by atoms with van der Waals surface area (Å²) >= 11 is 0. The molecule has 0 atom stereocenters. The lowest BCUT2D eigenvalue weighted by Gasteiger charge is -2.04. The van der Waals surface area contributed by atoms with E-state index >= 15 is 0 Å². The molecular formula is C11H14N2O3. The summed E-state index contributed by atoms with van der Waals surface area (Å²) in [6.45, 7) is -0.0838. The SMILES string of the molecule is CONC(=O)CNC(=O)Cc1ccccc1. The van der Waals surface area contributed by atoms with E-state index < -0.39 is 0 Å². The van der Waals surface area contributed by atoms with Crippen molar-refractivity contribution in [3.63, 3.8) is 0 Å². The predicted octanol–water partition coefficient (Wildman–Crippen LogP) is 0.0229. The van der Waals surface area contributed by atoms with Crippen LogP contribution < -0.4 is 10.8 Å². The molecule has 0 spiro atoms. The standard InChI is InChI=1S/C11H14N2O3/c1-16-13-11(15)8-12-10(14)7-9-5-3-2-4-6-9/h2-6H,7-8H2,1H3,(H,12,14)(H,13,15). The van der Waals surface area contributed by atoms with Crippen molar-refractivity contribution in [1.82, 2.24) is 10.8 Å². The Balaban J connectivity index is 2.29. The third-order valence-electron chi connectivity index (χ3n) is 1.87. The monoisotopic (exact) mass is 222 g/mol. The van der Waals surface area contributed by atoms with E-state index in [0.29, 0.717) is 0 Å². The summed E-state index contributed by atoms with van der Waals surface area (Å²) in [5.74, 6) is -0.582. The van der Waals surface area contributed by atoms with Gasteiger partial charge in [0.25, 0.3) is 5.91 Å². The summed E-state index contributed by atoms with van der Waals surface area (Å²) in [5.41, 5.74) is 3.02. The van der Waals surface area contributed by atoms with Gasteiger partial charge in [0.15, 0.2) is 0 Å². The summed E-state index contributed by atoms with van der Waals surface area (Å²) < 4.78 is 0. The van der Waals surface area contributed by atoms with Crippen molar-refractivity contribution < 1.29 is 14.4 Å². The molecule has 1 aromatic rings. The Kier molecular flexibility index (Phi) is 5.01. The summed E-state index contributed by atoms with van der Waals surface area (Å²) in [6, 6.07) is 9.32. The lowest BCUT2D eigenvalue weighted by atomic mass is 10.1. The Hall–Kier alpha value is -1.88. The normalized spacial score (nSPS) is 9.56. The number of nitrogens with one attached hydrogen (secondary N) is 2. The molecule has 0 heterocycles. The van der Waals surface area contributed by atoms with Gasteiger partial charge in [-0.1, -0.05) is 30.3 Å². The molecule has 1 aromatic carbocycles. The second kappa shape index (κ2) is 6.58. The summed E-state index contributed by atoms with van der Waals surface area (Å²) in [5, 5.41) is 2.48. The predicted molar refractivity (Wildman–Crippen MR) is 58.3 cm³/mol. The van der Waals surface area contributed by atoms with E-state index in [4.69, 9.17) is 0 Å². The highest BCUT2D eigenvalue weighted by atomic mass is 16.6. The highest BCUT2D eigenvalue weighted by Gasteiger charge is 2.05. The van der Waals surface area contributed by atoms with Gasteiger partial charge in [-0.25, -0.2) is 5.48 Å². The minimum atomic E-state index is -0.385. The zero-order valence-electron chi connectivity index (χ0n) is 9.03. The van der Waals surface area contributed by atoms with Crippen LogP contribution in [0.1, 0.15) is 5.56 Å². The van der Waals surface area contributed by atoms with Gasteiger partial charge in [-0.05, 0) is 5.56 Å². The average Bonchev–Trinajstić information content (AvgIpc) is 2.28. The molecule has 0 aliphatic heterocycles. The zero-order valence-corrected chi connectivity index (χ0v) is 9.03. The largest absolute Gasteiger partial charge is 0.347 e. The number of hydrogen-bond donors (Lipinski definition) is 2. The topological polar surface area (TPSA) is 67.4 Å². The Morgan fingerprint density at radius 2 is 1.88 bits per heavy atom. The number of hydrogen-bond acceptors (Lipinski definition) is 3. The fourth-order valence-corrected chi connectivity index (χ4v) is 1.17. The molecule has 5 nitrogen and oxygen atoms in total. The van der Waals surface area contributed by atoms with Gasteiger partial charge in [-0.3, -0.25) is 14.4 Å². The third kappa shape index (κ3) is 4.56. The van der Waals surface area contributed by atoms with Gasteiger partial charge < -0.3 is 5.32 Å². The van der Waals surface area contributed by atoms with Gasteiger partial charge in [0.1, 0.15) is 0 Å². The van der Waals surface area contributed by atoms with Crippen molar-refractivity contribution in [3.8, 4) is 0 Å². The molecule has 0 saturated carbocycles. The van der Waals surface area contributed by atoms with Crippen molar-refractivity contribution in [1.29, 1.82) is 0 Å². The van der Waals surface area contributed by atoms with Gasteiger partial charge in [0.05, 0.1) is 20.1 Å². The Bertz CT molecular complexity index is 352. The van der Waals surface area contributed by atoms with Crippen LogP contribution in [0.3, 0.4) is 0 Å². The Morgan fingerprint density at radius 1 is 1.19 bits per heavy atom. The fourth-order valence-electron chi connectivity index (χ4n) is 1.17. The fraction of sp³-hybridized carbons (Fsp3) is 0.273. The highest BCUT2D eigenvalue weighted by molar-refractivity contribution is 5.85. The summed E-state index contributed by atoms with van der Waals surface area (Å²) in [7, 11) is 1.34. The smallest absolute Gasteiger partial charge is 0.262 e. The molecule has 86 valence electrons. The van der Waals surface area contributed by atoms with Gasteiger partial charge in [0.2, 0.25) is 5.91 Å². The maximum absolute atomic E-state index is 11.4. The third-order valence-corrected chi connectivity index (χ3v) is 1.87. The molecule has 5 heteroatoms. The Labute approximate surface area is 93.7 Å². The van der Waals surface area contributed by atoms with Gasteiger partial charge in [0, 0.05) is 0 Å². The van der Waals surface area contributed by atoms with Crippen LogP contribution in [0.2, 0.25) is 0 Å². The maximum atomic E-state index is 11.4. The molecule has 1 rings (SSSR count). The quantitative estimate of drug-likeness (QED) is 0.690. The van der Waals surface area contributed by atoms with Crippen molar-refractivity contribution in [3.05, 3.63) is 35.9 Å². The van der Waals surface area contributed by atoms with Crippen molar-refractivity contribution in [2.45, 2.75) is 6.42 Å². The minimum absolute atomic E-state index is 0.0838. The van der Waals surface area contributed by atoms with E-state index in [0.717, 1.165) is 5.56 Å². The highest BCUT2D eigenvalue weighted by Crippen LogP contribution is 1.98. The van der Waals surface area contributed by atoms with Crippen molar-refractivity contribution >= 4 is 11.8 Å². The summed E-state index contributed by atoms with van der Waals surface area (Å²) in [4.78, 5) is 26.7. The first-order valence-electron chi connectivity index (χ1n) is 4.85. The number of benzene rings is 1. The van der Waals surface area contributed by atoms with E-state index in [9.17, 15) is 9.59 Å². The number of amides is 2. The Morgan fingerprint density at radius 3 is 2.50 bits per heavy atom. The van der Waals surface area contributed by atoms with Gasteiger partial charge in [-0.2, -0.15) is 0 Å². The number of rotatable bonds is 5. The molecule has 0 unspecified atom stereocenters. The zero-order chi connectivity index (χ0) is 11.8. The lowest BCUT2D eigenvalue weighted by Crippen LogP contribution is -2.37. The number of carbonyl (C=O) groups is 2. The molecule has 2 N–H and O–H groups in total. The van der Waals surface area contributed by atoms with Crippen LogP contribution in [0.15, 0.2) is 30.3 Å².